The summed E-state index contributed by atoms with van der Waals surface area (Å²) in [6.45, 7) is 3.26. The van der Waals surface area contributed by atoms with Gasteiger partial charge in [-0.2, -0.15) is 0 Å². The van der Waals surface area contributed by atoms with Crippen molar-refractivity contribution >= 4 is 54.4 Å². The number of amides is 2. The number of carbonyl (C=O) groups excluding carboxylic acids is 2. The average molecular weight is 459 g/mol. The molecule has 0 bridgehead atoms. The van der Waals surface area contributed by atoms with E-state index in [2.05, 4.69) is 38.2 Å². The summed E-state index contributed by atoms with van der Waals surface area (Å²) in [6, 6.07) is 12.8. The lowest BCUT2D eigenvalue weighted by atomic mass is 10.1. The first-order chi connectivity index (χ1) is 13.5. The first-order valence-corrected chi connectivity index (χ1v) is 10.6. The molecule has 28 heavy (non-hydrogen) atoms. The Labute approximate surface area is 175 Å². The molecular weight excluding hydrogens is 440 g/mol. The molecule has 3 aromatic rings. The van der Waals surface area contributed by atoms with E-state index in [4.69, 9.17) is 0 Å². The second-order valence-corrected chi connectivity index (χ2v) is 8.62. The van der Waals surface area contributed by atoms with Crippen LogP contribution in [-0.4, -0.2) is 59.8 Å². The van der Waals surface area contributed by atoms with Crippen molar-refractivity contribution in [2.45, 2.75) is 0 Å². The minimum Gasteiger partial charge on any atom is -0.336 e. The van der Waals surface area contributed by atoms with E-state index in [9.17, 15) is 9.59 Å². The maximum atomic E-state index is 12.8. The molecule has 0 atom stereocenters. The molecule has 6 nitrogen and oxygen atoms in total. The number of piperazine rings is 1. The van der Waals surface area contributed by atoms with E-state index in [1.165, 1.54) is 11.3 Å². The number of carbonyl (C=O) groups is 2. The van der Waals surface area contributed by atoms with Crippen molar-refractivity contribution in [1.29, 1.82) is 0 Å². The largest absolute Gasteiger partial charge is 0.336 e. The third-order valence-corrected chi connectivity index (χ3v) is 6.39. The fourth-order valence-electron chi connectivity index (χ4n) is 3.11. The van der Waals surface area contributed by atoms with Gasteiger partial charge in [-0.1, -0.05) is 23.5 Å². The van der Waals surface area contributed by atoms with Crippen LogP contribution in [0.25, 0.3) is 10.2 Å². The molecule has 8 heteroatoms. The minimum atomic E-state index is -0.222. The van der Waals surface area contributed by atoms with Crippen LogP contribution in [-0.2, 0) is 0 Å². The maximum Gasteiger partial charge on any atom is 0.258 e. The maximum absolute atomic E-state index is 12.8. The SMILES string of the molecule is CN1CCN(C(=O)c2ccc3nc(NC(=O)c4ccccc4Br)sc3c2)CC1. The number of hydrogen-bond acceptors (Lipinski definition) is 5. The predicted octanol–water partition coefficient (Wildman–Crippen LogP) is 3.70. The number of nitrogens with zero attached hydrogens (tertiary/aromatic N) is 3. The topological polar surface area (TPSA) is 65.5 Å². The number of aromatic nitrogens is 1. The number of halogens is 1. The normalized spacial score (nSPS) is 15.0. The highest BCUT2D eigenvalue weighted by atomic mass is 79.9. The molecule has 2 aromatic carbocycles. The first-order valence-electron chi connectivity index (χ1n) is 8.95. The van der Waals surface area contributed by atoms with E-state index >= 15 is 0 Å². The Morgan fingerprint density at radius 2 is 1.86 bits per heavy atom. The zero-order valence-corrected chi connectivity index (χ0v) is 17.7. The van der Waals surface area contributed by atoms with E-state index in [0.717, 1.165) is 40.9 Å². The summed E-state index contributed by atoms with van der Waals surface area (Å²) in [5, 5.41) is 3.36. The number of thiazole rings is 1. The van der Waals surface area contributed by atoms with Crippen LogP contribution in [0.5, 0.6) is 0 Å². The van der Waals surface area contributed by atoms with Gasteiger partial charge in [-0.15, -0.1) is 0 Å². The van der Waals surface area contributed by atoms with Gasteiger partial charge >= 0.3 is 0 Å². The van der Waals surface area contributed by atoms with Crippen molar-refractivity contribution in [1.82, 2.24) is 14.8 Å². The van der Waals surface area contributed by atoms with Crippen molar-refractivity contribution < 1.29 is 9.59 Å². The number of nitrogens with one attached hydrogen (secondary N) is 1. The molecule has 1 aromatic heterocycles. The molecule has 0 saturated carbocycles. The third-order valence-electron chi connectivity index (χ3n) is 4.76. The molecule has 2 heterocycles. The summed E-state index contributed by atoms with van der Waals surface area (Å²) in [6.07, 6.45) is 0. The van der Waals surface area contributed by atoms with Gasteiger partial charge in [0, 0.05) is 36.2 Å². The van der Waals surface area contributed by atoms with E-state index in [1.54, 1.807) is 6.07 Å². The standard InChI is InChI=1S/C20H19BrN4O2S/c1-24-8-10-25(11-9-24)19(27)13-6-7-16-17(12-13)28-20(22-16)23-18(26)14-4-2-3-5-15(14)21/h2-7,12H,8-11H2,1H3,(H,22,23,26). The Morgan fingerprint density at radius 3 is 2.61 bits per heavy atom. The molecule has 0 radical (unpaired) electrons. The average Bonchev–Trinajstić information content (AvgIpc) is 3.09. The van der Waals surface area contributed by atoms with Crippen molar-refractivity contribution in [2.75, 3.05) is 38.5 Å². The summed E-state index contributed by atoms with van der Waals surface area (Å²) in [5.74, 6) is -0.178. The molecule has 1 aliphatic heterocycles. The highest BCUT2D eigenvalue weighted by Crippen LogP contribution is 2.28. The van der Waals surface area contributed by atoms with Crippen LogP contribution >= 0.6 is 27.3 Å². The van der Waals surface area contributed by atoms with Crippen LogP contribution in [0.3, 0.4) is 0 Å². The lowest BCUT2D eigenvalue weighted by Crippen LogP contribution is -2.47. The Kier molecular flexibility index (Phi) is 5.43. The molecule has 1 N–H and O–H groups in total. The van der Waals surface area contributed by atoms with Crippen molar-refractivity contribution in [3.8, 4) is 0 Å². The second-order valence-electron chi connectivity index (χ2n) is 6.73. The zero-order valence-electron chi connectivity index (χ0n) is 15.3. The quantitative estimate of drug-likeness (QED) is 0.649. The van der Waals surface area contributed by atoms with Gasteiger partial charge in [0.1, 0.15) is 0 Å². The van der Waals surface area contributed by atoms with E-state index < -0.39 is 0 Å². The number of fused-ring (bicyclic) bond motifs is 1. The minimum absolute atomic E-state index is 0.0437. The predicted molar refractivity (Wildman–Crippen MR) is 115 cm³/mol. The van der Waals surface area contributed by atoms with Gasteiger partial charge in [0.05, 0.1) is 15.8 Å². The summed E-state index contributed by atoms with van der Waals surface area (Å²) in [4.78, 5) is 33.8. The smallest absolute Gasteiger partial charge is 0.258 e. The molecule has 0 aliphatic carbocycles. The zero-order chi connectivity index (χ0) is 19.7. The fraction of sp³-hybridized carbons (Fsp3) is 0.250. The van der Waals surface area contributed by atoms with Crippen LogP contribution in [0.2, 0.25) is 0 Å². The fourth-order valence-corrected chi connectivity index (χ4v) is 4.48. The summed E-state index contributed by atoms with van der Waals surface area (Å²) >= 11 is 4.76. The molecule has 144 valence electrons. The van der Waals surface area contributed by atoms with Crippen LogP contribution in [0, 0.1) is 0 Å². The number of hydrogen-bond donors (Lipinski definition) is 1. The Hall–Kier alpha value is -2.29. The van der Waals surface area contributed by atoms with Gasteiger partial charge in [-0.3, -0.25) is 14.9 Å². The highest BCUT2D eigenvalue weighted by molar-refractivity contribution is 9.10. The Balaban J connectivity index is 1.53. The molecule has 4 rings (SSSR count). The molecule has 2 amide bonds. The number of benzene rings is 2. The van der Waals surface area contributed by atoms with Gasteiger partial charge in [0.25, 0.3) is 11.8 Å². The van der Waals surface area contributed by atoms with E-state index in [1.807, 2.05) is 41.3 Å². The van der Waals surface area contributed by atoms with Gasteiger partial charge in [0.15, 0.2) is 5.13 Å². The van der Waals surface area contributed by atoms with Crippen molar-refractivity contribution in [3.05, 3.63) is 58.1 Å². The van der Waals surface area contributed by atoms with Crippen LogP contribution in [0.15, 0.2) is 46.9 Å². The van der Waals surface area contributed by atoms with E-state index in [-0.39, 0.29) is 11.8 Å². The van der Waals surface area contributed by atoms with Gasteiger partial charge in [-0.25, -0.2) is 4.98 Å². The summed E-state index contributed by atoms with van der Waals surface area (Å²) in [7, 11) is 2.06. The number of likely N-dealkylation sites (N-methyl/N-ethyl adjacent to an activating group) is 1. The Morgan fingerprint density at radius 1 is 1.11 bits per heavy atom. The molecule has 1 saturated heterocycles. The monoisotopic (exact) mass is 458 g/mol. The molecular formula is C20H19BrN4O2S. The number of rotatable bonds is 3. The van der Waals surface area contributed by atoms with Crippen LogP contribution in [0.4, 0.5) is 5.13 Å². The Bertz CT molecular complexity index is 1040. The van der Waals surface area contributed by atoms with Crippen LogP contribution < -0.4 is 5.32 Å². The van der Waals surface area contributed by atoms with Gasteiger partial charge < -0.3 is 9.80 Å². The van der Waals surface area contributed by atoms with Crippen molar-refractivity contribution in [2.24, 2.45) is 0 Å². The highest BCUT2D eigenvalue weighted by Gasteiger charge is 2.21. The van der Waals surface area contributed by atoms with Crippen molar-refractivity contribution in [3.63, 3.8) is 0 Å². The second kappa shape index (κ2) is 7.98. The van der Waals surface area contributed by atoms with Gasteiger partial charge in [-0.05, 0) is 53.3 Å². The molecule has 1 aliphatic rings. The van der Waals surface area contributed by atoms with Crippen LogP contribution in [0.1, 0.15) is 20.7 Å². The number of anilines is 1. The lowest BCUT2D eigenvalue weighted by Gasteiger charge is -2.32. The molecule has 1 fully saturated rings. The lowest BCUT2D eigenvalue weighted by molar-refractivity contribution is 0.0664. The van der Waals surface area contributed by atoms with Gasteiger partial charge in [0.2, 0.25) is 0 Å². The molecule has 0 unspecified atom stereocenters. The molecule has 0 spiro atoms. The third kappa shape index (κ3) is 3.94. The van der Waals surface area contributed by atoms with E-state index in [0.29, 0.717) is 16.3 Å². The first kappa shape index (κ1) is 19.0. The summed E-state index contributed by atoms with van der Waals surface area (Å²) < 4.78 is 1.61. The summed E-state index contributed by atoms with van der Waals surface area (Å²) in [5.41, 5.74) is 1.97.